The van der Waals surface area contributed by atoms with E-state index in [4.69, 9.17) is 4.74 Å². The van der Waals surface area contributed by atoms with Crippen molar-refractivity contribution >= 4 is 27.5 Å². The van der Waals surface area contributed by atoms with Crippen molar-refractivity contribution in [1.29, 1.82) is 0 Å². The van der Waals surface area contributed by atoms with Crippen LogP contribution < -0.4 is 15.4 Å². The van der Waals surface area contributed by atoms with Crippen LogP contribution in [-0.2, 0) is 4.79 Å². The van der Waals surface area contributed by atoms with Crippen molar-refractivity contribution in [3.8, 4) is 5.75 Å². The van der Waals surface area contributed by atoms with Crippen molar-refractivity contribution < 1.29 is 14.8 Å². The Morgan fingerprint density at radius 2 is 2.09 bits per heavy atom. The molecule has 0 aliphatic carbocycles. The van der Waals surface area contributed by atoms with Gasteiger partial charge in [0.1, 0.15) is 11.8 Å². The van der Waals surface area contributed by atoms with Gasteiger partial charge in [-0.2, -0.15) is 0 Å². The maximum absolute atomic E-state index is 12.1. The lowest BCUT2D eigenvalue weighted by Crippen LogP contribution is -2.86. The molecule has 4 nitrogen and oxygen atoms in total. The summed E-state index contributed by atoms with van der Waals surface area (Å²) in [5, 5.41) is 4.93. The standard InChI is InChI=1S/C18H21BrN2O2/c1-12-5-4-6-15(9-12)21-18(22)11-20-13(2)14-7-8-17(23-3)16(19)10-14/h4-10,13,20H,11H2,1-3H3,(H,21,22)/p+1/t13-/m0/s1. The van der Waals surface area contributed by atoms with Crippen molar-refractivity contribution in [1.82, 2.24) is 0 Å². The minimum Gasteiger partial charge on any atom is -0.496 e. The highest BCUT2D eigenvalue weighted by Crippen LogP contribution is 2.27. The number of rotatable bonds is 6. The highest BCUT2D eigenvalue weighted by molar-refractivity contribution is 9.10. The van der Waals surface area contributed by atoms with Gasteiger partial charge < -0.3 is 15.4 Å². The SMILES string of the molecule is COc1ccc([C@H](C)[NH2+]CC(=O)Nc2cccc(C)c2)cc1Br. The number of nitrogens with one attached hydrogen (secondary N) is 1. The van der Waals surface area contributed by atoms with Crippen LogP contribution in [0.3, 0.4) is 0 Å². The van der Waals surface area contributed by atoms with Gasteiger partial charge in [-0.05, 0) is 65.7 Å². The molecular formula is C18H22BrN2O2+. The van der Waals surface area contributed by atoms with Crippen LogP contribution in [0.15, 0.2) is 46.9 Å². The molecule has 0 radical (unpaired) electrons. The molecule has 5 heteroatoms. The maximum atomic E-state index is 12.1. The molecule has 0 unspecified atom stereocenters. The first-order valence-corrected chi connectivity index (χ1v) is 8.32. The Hall–Kier alpha value is -1.85. The van der Waals surface area contributed by atoms with Crippen molar-refractivity contribution in [2.75, 3.05) is 19.0 Å². The fourth-order valence-electron chi connectivity index (χ4n) is 2.32. The highest BCUT2D eigenvalue weighted by Gasteiger charge is 2.13. The summed E-state index contributed by atoms with van der Waals surface area (Å²) in [6.45, 7) is 4.46. The van der Waals surface area contributed by atoms with Gasteiger partial charge in [0.25, 0.3) is 5.91 Å². The molecule has 0 bridgehead atoms. The van der Waals surface area contributed by atoms with E-state index >= 15 is 0 Å². The van der Waals surface area contributed by atoms with Crippen molar-refractivity contribution in [2.45, 2.75) is 19.9 Å². The number of hydrogen-bond acceptors (Lipinski definition) is 2. The summed E-state index contributed by atoms with van der Waals surface area (Å²) < 4.78 is 6.15. The van der Waals surface area contributed by atoms with Crippen LogP contribution in [-0.4, -0.2) is 19.6 Å². The average Bonchev–Trinajstić information content (AvgIpc) is 2.52. The maximum Gasteiger partial charge on any atom is 0.279 e. The lowest BCUT2D eigenvalue weighted by Gasteiger charge is -2.13. The van der Waals surface area contributed by atoms with Gasteiger partial charge in [-0.15, -0.1) is 0 Å². The number of quaternary nitrogens is 1. The fourth-order valence-corrected chi connectivity index (χ4v) is 2.88. The monoisotopic (exact) mass is 377 g/mol. The zero-order valence-electron chi connectivity index (χ0n) is 13.6. The molecule has 0 aliphatic rings. The lowest BCUT2D eigenvalue weighted by atomic mass is 10.1. The van der Waals surface area contributed by atoms with Gasteiger partial charge in [0.2, 0.25) is 0 Å². The molecule has 1 amide bonds. The molecule has 0 aromatic heterocycles. The minimum atomic E-state index is -0.00460. The average molecular weight is 378 g/mol. The van der Waals surface area contributed by atoms with Gasteiger partial charge in [-0.1, -0.05) is 12.1 Å². The largest absolute Gasteiger partial charge is 0.496 e. The van der Waals surface area contributed by atoms with Crippen molar-refractivity contribution in [2.24, 2.45) is 0 Å². The van der Waals surface area contributed by atoms with Crippen LogP contribution in [0.5, 0.6) is 5.75 Å². The second-order valence-corrected chi connectivity index (χ2v) is 6.39. The Labute approximate surface area is 145 Å². The number of ether oxygens (including phenoxy) is 1. The molecule has 2 aromatic carbocycles. The topological polar surface area (TPSA) is 54.9 Å². The number of methoxy groups -OCH3 is 1. The van der Waals surface area contributed by atoms with Gasteiger partial charge in [-0.25, -0.2) is 0 Å². The number of aryl methyl sites for hydroxylation is 1. The van der Waals surface area contributed by atoms with Crippen LogP contribution in [0, 0.1) is 6.92 Å². The van der Waals surface area contributed by atoms with E-state index in [-0.39, 0.29) is 11.9 Å². The molecule has 0 fully saturated rings. The summed E-state index contributed by atoms with van der Waals surface area (Å²) in [7, 11) is 1.64. The molecule has 2 aromatic rings. The molecule has 122 valence electrons. The van der Waals surface area contributed by atoms with Crippen LogP contribution >= 0.6 is 15.9 Å². The van der Waals surface area contributed by atoms with Gasteiger partial charge in [0.15, 0.2) is 6.54 Å². The van der Waals surface area contributed by atoms with E-state index in [9.17, 15) is 4.79 Å². The number of carbonyl (C=O) groups is 1. The number of anilines is 1. The predicted octanol–water partition coefficient (Wildman–Crippen LogP) is 3.03. The molecule has 23 heavy (non-hydrogen) atoms. The first kappa shape index (κ1) is 17.5. The van der Waals surface area contributed by atoms with Gasteiger partial charge in [0.05, 0.1) is 11.6 Å². The van der Waals surface area contributed by atoms with Crippen molar-refractivity contribution in [3.63, 3.8) is 0 Å². The number of nitrogens with two attached hydrogens (primary N) is 1. The Bertz CT molecular complexity index is 688. The minimum absolute atomic E-state index is 0.00460. The zero-order valence-corrected chi connectivity index (χ0v) is 15.2. The molecular weight excluding hydrogens is 356 g/mol. The van der Waals surface area contributed by atoms with Crippen LogP contribution in [0.25, 0.3) is 0 Å². The first-order chi connectivity index (χ1) is 11.0. The fraction of sp³-hybridized carbons (Fsp3) is 0.278. The van der Waals surface area contributed by atoms with Crippen LogP contribution in [0.4, 0.5) is 5.69 Å². The van der Waals surface area contributed by atoms with E-state index in [1.807, 2.05) is 54.7 Å². The molecule has 0 heterocycles. The normalized spacial score (nSPS) is 11.8. The Kier molecular flexibility index (Phi) is 6.19. The molecule has 0 spiro atoms. The van der Waals surface area contributed by atoms with E-state index in [0.29, 0.717) is 6.54 Å². The predicted molar refractivity (Wildman–Crippen MR) is 95.7 cm³/mol. The second kappa shape index (κ2) is 8.13. The quantitative estimate of drug-likeness (QED) is 0.812. The summed E-state index contributed by atoms with van der Waals surface area (Å²) in [4.78, 5) is 12.1. The Morgan fingerprint density at radius 3 is 2.74 bits per heavy atom. The number of carbonyl (C=O) groups excluding carboxylic acids is 1. The summed E-state index contributed by atoms with van der Waals surface area (Å²) >= 11 is 3.49. The molecule has 2 rings (SSSR count). The van der Waals surface area contributed by atoms with Crippen molar-refractivity contribution in [3.05, 3.63) is 58.1 Å². The van der Waals surface area contributed by atoms with E-state index in [1.165, 1.54) is 0 Å². The molecule has 1 atom stereocenters. The third kappa shape index (κ3) is 5.08. The molecule has 0 saturated carbocycles. The summed E-state index contributed by atoms with van der Waals surface area (Å²) in [5.74, 6) is 0.799. The summed E-state index contributed by atoms with van der Waals surface area (Å²) in [5.41, 5.74) is 3.10. The van der Waals surface area contributed by atoms with Gasteiger partial charge in [-0.3, -0.25) is 4.79 Å². The first-order valence-electron chi connectivity index (χ1n) is 7.53. The second-order valence-electron chi connectivity index (χ2n) is 5.54. The van der Waals surface area contributed by atoms with Gasteiger partial charge >= 0.3 is 0 Å². The zero-order chi connectivity index (χ0) is 16.8. The summed E-state index contributed by atoms with van der Waals surface area (Å²) in [6, 6.07) is 14.0. The van der Waals surface area contributed by atoms with Crippen LogP contribution in [0.1, 0.15) is 24.1 Å². The number of benzene rings is 2. The molecule has 0 saturated heterocycles. The third-order valence-corrected chi connectivity index (χ3v) is 4.28. The smallest absolute Gasteiger partial charge is 0.279 e. The Balaban J connectivity index is 1.89. The molecule has 0 aliphatic heterocycles. The molecule has 3 N–H and O–H groups in total. The Morgan fingerprint density at radius 1 is 1.30 bits per heavy atom. The lowest BCUT2D eigenvalue weighted by molar-refractivity contribution is -0.682. The number of hydrogen-bond donors (Lipinski definition) is 2. The van der Waals surface area contributed by atoms with E-state index < -0.39 is 0 Å². The number of amides is 1. The summed E-state index contributed by atoms with van der Waals surface area (Å²) in [6.07, 6.45) is 0. The van der Waals surface area contributed by atoms with Crippen LogP contribution in [0.2, 0.25) is 0 Å². The van der Waals surface area contributed by atoms with Gasteiger partial charge in [0, 0.05) is 11.3 Å². The van der Waals surface area contributed by atoms with E-state index in [1.54, 1.807) is 7.11 Å². The highest BCUT2D eigenvalue weighted by atomic mass is 79.9. The number of halogens is 1. The third-order valence-electron chi connectivity index (χ3n) is 3.66. The van der Waals surface area contributed by atoms with E-state index in [0.717, 1.165) is 27.0 Å². The van der Waals surface area contributed by atoms with E-state index in [2.05, 4.69) is 28.2 Å².